The molecule has 0 saturated carbocycles. The molecular weight excluding hydrogens is 446 g/mol. The molecule has 0 aliphatic rings. The summed E-state index contributed by atoms with van der Waals surface area (Å²) in [6, 6.07) is 19.4. The minimum atomic E-state index is -3.86. The van der Waals surface area contributed by atoms with Crippen LogP contribution in [0.4, 0.5) is 11.4 Å². The van der Waals surface area contributed by atoms with Gasteiger partial charge in [0.25, 0.3) is 5.69 Å². The molecule has 9 nitrogen and oxygen atoms in total. The summed E-state index contributed by atoms with van der Waals surface area (Å²) < 4.78 is 25.4. The van der Waals surface area contributed by atoms with E-state index >= 15 is 0 Å². The highest BCUT2D eigenvalue weighted by Crippen LogP contribution is 2.24. The van der Waals surface area contributed by atoms with Crippen molar-refractivity contribution in [2.75, 3.05) is 11.9 Å². The number of rotatable bonds is 9. The second kappa shape index (κ2) is 10.5. The number of non-ortho nitro benzene ring substituents is 1. The van der Waals surface area contributed by atoms with Gasteiger partial charge in [0.05, 0.1) is 21.1 Å². The first-order valence-corrected chi connectivity index (χ1v) is 11.4. The maximum absolute atomic E-state index is 12.7. The first-order chi connectivity index (χ1) is 15.8. The van der Waals surface area contributed by atoms with Crippen LogP contribution >= 0.6 is 0 Å². The molecule has 0 unspecified atom stereocenters. The molecule has 0 fully saturated rings. The number of sulfone groups is 1. The van der Waals surface area contributed by atoms with Gasteiger partial charge < -0.3 is 10.6 Å². The molecule has 0 saturated heterocycles. The summed E-state index contributed by atoms with van der Waals surface area (Å²) in [5, 5.41) is 16.1. The van der Waals surface area contributed by atoms with E-state index in [2.05, 4.69) is 10.6 Å². The van der Waals surface area contributed by atoms with Gasteiger partial charge in [-0.3, -0.25) is 19.7 Å². The van der Waals surface area contributed by atoms with Gasteiger partial charge in [0.15, 0.2) is 0 Å². The van der Waals surface area contributed by atoms with E-state index in [4.69, 9.17) is 0 Å². The van der Waals surface area contributed by atoms with Gasteiger partial charge in [0.1, 0.15) is 0 Å². The lowest BCUT2D eigenvalue weighted by Crippen LogP contribution is -2.28. The molecule has 3 aromatic carbocycles. The molecule has 33 heavy (non-hydrogen) atoms. The Morgan fingerprint density at radius 3 is 1.97 bits per heavy atom. The zero-order valence-corrected chi connectivity index (χ0v) is 18.2. The van der Waals surface area contributed by atoms with Gasteiger partial charge in [0, 0.05) is 30.8 Å². The Kier molecular flexibility index (Phi) is 7.52. The number of carbonyl (C=O) groups is 2. The molecule has 0 aliphatic carbocycles. The summed E-state index contributed by atoms with van der Waals surface area (Å²) in [6.45, 7) is 0.171. The number of nitrogens with one attached hydrogen (secondary N) is 2. The van der Waals surface area contributed by atoms with E-state index in [0.717, 1.165) is 17.7 Å². The maximum atomic E-state index is 12.7. The van der Waals surface area contributed by atoms with Crippen molar-refractivity contribution in [1.29, 1.82) is 0 Å². The Morgan fingerprint density at radius 1 is 0.818 bits per heavy atom. The lowest BCUT2D eigenvalue weighted by molar-refractivity contribution is -0.384. The van der Waals surface area contributed by atoms with Gasteiger partial charge >= 0.3 is 0 Å². The number of hydrogen-bond donors (Lipinski definition) is 2. The molecule has 3 aromatic rings. The Hall–Kier alpha value is -4.05. The summed E-state index contributed by atoms with van der Waals surface area (Å²) >= 11 is 0. The zero-order chi connectivity index (χ0) is 23.8. The maximum Gasteiger partial charge on any atom is 0.269 e. The number of nitro benzene ring substituents is 1. The number of amides is 2. The van der Waals surface area contributed by atoms with Crippen LogP contribution in [0.15, 0.2) is 88.7 Å². The molecule has 0 aliphatic heterocycles. The minimum absolute atomic E-state index is 0.0115. The molecule has 0 spiro atoms. The molecule has 3 rings (SSSR count). The SMILES string of the molecule is O=C(Cc1ccccc1)NCCC(=O)Nc1ccc(S(=O)(=O)c2ccc([N+](=O)[O-])cc2)cc1. The van der Waals surface area contributed by atoms with Crippen LogP contribution in [0.3, 0.4) is 0 Å². The Balaban J connectivity index is 1.51. The van der Waals surface area contributed by atoms with Crippen molar-refractivity contribution in [1.82, 2.24) is 5.32 Å². The Labute approximate surface area is 190 Å². The van der Waals surface area contributed by atoms with Crippen molar-refractivity contribution in [3.05, 3.63) is 94.5 Å². The second-order valence-corrected chi connectivity index (χ2v) is 9.04. The van der Waals surface area contributed by atoms with Gasteiger partial charge in [-0.1, -0.05) is 30.3 Å². The third kappa shape index (κ3) is 6.47. The van der Waals surface area contributed by atoms with E-state index in [1.165, 1.54) is 36.4 Å². The lowest BCUT2D eigenvalue weighted by atomic mass is 10.1. The molecule has 0 bridgehead atoms. The van der Waals surface area contributed by atoms with Crippen molar-refractivity contribution < 1.29 is 22.9 Å². The van der Waals surface area contributed by atoms with Crippen molar-refractivity contribution in [2.45, 2.75) is 22.6 Å². The number of hydrogen-bond acceptors (Lipinski definition) is 6. The molecule has 170 valence electrons. The van der Waals surface area contributed by atoms with Crippen LogP contribution < -0.4 is 10.6 Å². The quantitative estimate of drug-likeness (QED) is 0.367. The number of carbonyl (C=O) groups excluding carboxylic acids is 2. The normalized spacial score (nSPS) is 10.9. The first kappa shape index (κ1) is 23.6. The van der Waals surface area contributed by atoms with Crippen molar-refractivity contribution in [2.24, 2.45) is 0 Å². The van der Waals surface area contributed by atoms with E-state index in [1.807, 2.05) is 30.3 Å². The van der Waals surface area contributed by atoms with E-state index in [0.29, 0.717) is 5.69 Å². The van der Waals surface area contributed by atoms with E-state index in [-0.39, 0.29) is 46.7 Å². The fourth-order valence-corrected chi connectivity index (χ4v) is 4.24. The summed E-state index contributed by atoms with van der Waals surface area (Å²) in [7, 11) is -3.86. The minimum Gasteiger partial charge on any atom is -0.355 e. The largest absolute Gasteiger partial charge is 0.355 e. The summed E-state index contributed by atoms with van der Waals surface area (Å²) in [5.74, 6) is -0.518. The highest BCUT2D eigenvalue weighted by atomic mass is 32.2. The topological polar surface area (TPSA) is 135 Å². The van der Waals surface area contributed by atoms with Gasteiger partial charge in [-0.2, -0.15) is 0 Å². The van der Waals surface area contributed by atoms with Gasteiger partial charge in [-0.25, -0.2) is 8.42 Å². The molecule has 0 radical (unpaired) electrons. The lowest BCUT2D eigenvalue weighted by Gasteiger charge is -2.09. The molecule has 2 N–H and O–H groups in total. The molecule has 0 aromatic heterocycles. The predicted molar refractivity (Wildman–Crippen MR) is 121 cm³/mol. The molecule has 0 atom stereocenters. The fraction of sp³-hybridized carbons (Fsp3) is 0.130. The van der Waals surface area contributed by atoms with E-state index in [9.17, 15) is 28.1 Å². The summed E-state index contributed by atoms with van der Waals surface area (Å²) in [4.78, 5) is 34.1. The monoisotopic (exact) mass is 467 g/mol. The summed E-state index contributed by atoms with van der Waals surface area (Å²) in [5.41, 5.74) is 1.07. The van der Waals surface area contributed by atoms with Gasteiger partial charge in [-0.05, 0) is 42.0 Å². The van der Waals surface area contributed by atoms with Crippen LogP contribution in [0.2, 0.25) is 0 Å². The van der Waals surface area contributed by atoms with Gasteiger partial charge in [-0.15, -0.1) is 0 Å². The zero-order valence-electron chi connectivity index (χ0n) is 17.4. The number of benzene rings is 3. The Bertz CT molecular complexity index is 1240. The third-order valence-electron chi connectivity index (χ3n) is 4.69. The van der Waals surface area contributed by atoms with Gasteiger partial charge in [0.2, 0.25) is 21.7 Å². The van der Waals surface area contributed by atoms with E-state index < -0.39 is 14.8 Å². The molecule has 0 heterocycles. The highest BCUT2D eigenvalue weighted by Gasteiger charge is 2.19. The van der Waals surface area contributed by atoms with Crippen molar-refractivity contribution in [3.8, 4) is 0 Å². The van der Waals surface area contributed by atoms with E-state index in [1.54, 1.807) is 0 Å². The standard InChI is InChI=1S/C23H21N3O6S/c27-22(14-15-24-23(28)16-17-4-2-1-3-5-17)25-18-6-10-20(11-7-18)33(31,32)21-12-8-19(9-13-21)26(29)30/h1-13H,14-16H2,(H,24,28)(H,25,27). The average molecular weight is 468 g/mol. The van der Waals surface area contributed by atoms with Crippen molar-refractivity contribution in [3.63, 3.8) is 0 Å². The van der Waals surface area contributed by atoms with Crippen LogP contribution in [0.1, 0.15) is 12.0 Å². The highest BCUT2D eigenvalue weighted by molar-refractivity contribution is 7.91. The summed E-state index contributed by atoms with van der Waals surface area (Å²) in [6.07, 6.45) is 0.288. The first-order valence-electron chi connectivity index (χ1n) is 9.96. The van der Waals surface area contributed by atoms with Crippen LogP contribution in [-0.2, 0) is 25.8 Å². The predicted octanol–water partition coefficient (Wildman–Crippen LogP) is 3.12. The van der Waals surface area contributed by atoms with Crippen LogP contribution in [0.5, 0.6) is 0 Å². The molecular formula is C23H21N3O6S. The third-order valence-corrected chi connectivity index (χ3v) is 6.47. The average Bonchev–Trinajstić information content (AvgIpc) is 2.80. The fourth-order valence-electron chi connectivity index (χ4n) is 2.98. The second-order valence-electron chi connectivity index (χ2n) is 7.09. The van der Waals surface area contributed by atoms with Crippen LogP contribution in [-0.4, -0.2) is 31.7 Å². The van der Waals surface area contributed by atoms with Crippen LogP contribution in [0, 0.1) is 10.1 Å². The number of nitrogens with zero attached hydrogens (tertiary/aromatic N) is 1. The Morgan fingerprint density at radius 2 is 1.39 bits per heavy atom. The number of anilines is 1. The number of nitro groups is 1. The smallest absolute Gasteiger partial charge is 0.269 e. The molecule has 2 amide bonds. The van der Waals surface area contributed by atoms with Crippen LogP contribution in [0.25, 0.3) is 0 Å². The van der Waals surface area contributed by atoms with Crippen molar-refractivity contribution >= 4 is 33.0 Å². The molecule has 10 heteroatoms.